The van der Waals surface area contributed by atoms with Crippen LogP contribution in [0.3, 0.4) is 0 Å². The minimum Gasteiger partial charge on any atom is -0.361 e. The first-order valence-corrected chi connectivity index (χ1v) is 12.6. The number of carbonyl (C=O) groups is 1. The number of amides is 1. The molecule has 6 nitrogen and oxygen atoms in total. The highest BCUT2D eigenvalue weighted by atomic mass is 32.2. The Morgan fingerprint density at radius 1 is 0.971 bits per heavy atom. The Balaban J connectivity index is 1.29. The van der Waals surface area contributed by atoms with Crippen molar-refractivity contribution in [3.05, 3.63) is 95.9 Å². The molecule has 0 aliphatic carbocycles. The summed E-state index contributed by atoms with van der Waals surface area (Å²) in [6, 6.07) is 19.6. The summed E-state index contributed by atoms with van der Waals surface area (Å²) < 4.78 is 41.7. The zero-order valence-electron chi connectivity index (χ0n) is 18.4. The minimum absolute atomic E-state index is 0.0877. The van der Waals surface area contributed by atoms with E-state index in [1.54, 1.807) is 17.0 Å². The average Bonchev–Trinajstić information content (AvgIpc) is 3.29. The zero-order valence-corrected chi connectivity index (χ0v) is 19.2. The summed E-state index contributed by atoms with van der Waals surface area (Å²) in [4.78, 5) is 18.1. The Hall–Kier alpha value is -3.65. The van der Waals surface area contributed by atoms with Gasteiger partial charge >= 0.3 is 0 Å². The quantitative estimate of drug-likeness (QED) is 0.418. The van der Waals surface area contributed by atoms with E-state index >= 15 is 0 Å². The fraction of sp³-hybridized carbons (Fsp3) is 0.192. The summed E-state index contributed by atoms with van der Waals surface area (Å²) in [6.45, 7) is 1.18. The molecule has 0 radical (unpaired) electrons. The van der Waals surface area contributed by atoms with Gasteiger partial charge < -0.3 is 9.88 Å². The first kappa shape index (κ1) is 22.2. The second-order valence-electron chi connectivity index (χ2n) is 8.47. The monoisotopic (exact) mass is 477 g/mol. The number of nitrogens with zero attached hydrogens (tertiary/aromatic N) is 1. The molecule has 0 saturated carbocycles. The summed E-state index contributed by atoms with van der Waals surface area (Å²) in [5.74, 6) is -0.520. The minimum atomic E-state index is -4.05. The van der Waals surface area contributed by atoms with Crippen LogP contribution in [-0.2, 0) is 10.0 Å². The van der Waals surface area contributed by atoms with Gasteiger partial charge in [-0.3, -0.25) is 9.52 Å². The number of aromatic nitrogens is 1. The maximum atomic E-state index is 13.9. The van der Waals surface area contributed by atoms with Crippen molar-refractivity contribution in [3.8, 4) is 0 Å². The van der Waals surface area contributed by atoms with Gasteiger partial charge in [0.1, 0.15) is 5.82 Å². The number of para-hydroxylation sites is 2. The SMILES string of the molecule is O=C(c1cccc(S(=O)(=O)Nc2ccccc2F)c1)N1CCC(c2c[nH]c3ccccc23)CC1. The Morgan fingerprint density at radius 2 is 1.71 bits per heavy atom. The van der Waals surface area contributed by atoms with Gasteiger partial charge in [-0.1, -0.05) is 36.4 Å². The normalized spacial score (nSPS) is 14.9. The first-order chi connectivity index (χ1) is 16.4. The molecule has 1 saturated heterocycles. The second-order valence-corrected chi connectivity index (χ2v) is 10.2. The fourth-order valence-electron chi connectivity index (χ4n) is 4.55. The van der Waals surface area contributed by atoms with E-state index in [4.69, 9.17) is 0 Å². The predicted octanol–water partition coefficient (Wildman–Crippen LogP) is 5.13. The lowest BCUT2D eigenvalue weighted by Crippen LogP contribution is -2.38. The summed E-state index contributed by atoms with van der Waals surface area (Å²) >= 11 is 0. The third-order valence-electron chi connectivity index (χ3n) is 6.35. The molecule has 3 aromatic carbocycles. The van der Waals surface area contributed by atoms with Gasteiger partial charge in [0, 0.05) is 35.8 Å². The van der Waals surface area contributed by atoms with Gasteiger partial charge in [-0.15, -0.1) is 0 Å². The number of hydrogen-bond donors (Lipinski definition) is 2. The van der Waals surface area contributed by atoms with Gasteiger partial charge in [-0.05, 0) is 60.7 Å². The number of aromatic amines is 1. The lowest BCUT2D eigenvalue weighted by atomic mass is 9.89. The van der Waals surface area contributed by atoms with E-state index < -0.39 is 15.8 Å². The van der Waals surface area contributed by atoms with Crippen LogP contribution in [0.5, 0.6) is 0 Å². The van der Waals surface area contributed by atoms with Crippen molar-refractivity contribution in [1.29, 1.82) is 0 Å². The molecule has 5 rings (SSSR count). The van der Waals surface area contributed by atoms with E-state index in [0.717, 1.165) is 18.4 Å². The van der Waals surface area contributed by atoms with Crippen LogP contribution < -0.4 is 4.72 Å². The highest BCUT2D eigenvalue weighted by molar-refractivity contribution is 7.92. The van der Waals surface area contributed by atoms with E-state index in [0.29, 0.717) is 24.6 Å². The van der Waals surface area contributed by atoms with Crippen molar-refractivity contribution in [2.24, 2.45) is 0 Å². The third-order valence-corrected chi connectivity index (χ3v) is 7.72. The van der Waals surface area contributed by atoms with Crippen LogP contribution >= 0.6 is 0 Å². The number of halogens is 1. The van der Waals surface area contributed by atoms with Crippen LogP contribution in [0.2, 0.25) is 0 Å². The molecule has 1 amide bonds. The number of benzene rings is 3. The molecule has 34 heavy (non-hydrogen) atoms. The lowest BCUT2D eigenvalue weighted by Gasteiger charge is -2.32. The number of hydrogen-bond acceptors (Lipinski definition) is 3. The number of fused-ring (bicyclic) bond motifs is 1. The number of anilines is 1. The van der Waals surface area contributed by atoms with Crippen LogP contribution in [0.15, 0.2) is 83.9 Å². The molecule has 0 unspecified atom stereocenters. The molecule has 2 N–H and O–H groups in total. The van der Waals surface area contributed by atoms with Crippen molar-refractivity contribution >= 4 is 32.5 Å². The summed E-state index contributed by atoms with van der Waals surface area (Å²) in [6.07, 6.45) is 3.73. The largest absolute Gasteiger partial charge is 0.361 e. The number of carbonyl (C=O) groups excluding carboxylic acids is 1. The average molecular weight is 478 g/mol. The van der Waals surface area contributed by atoms with E-state index in [9.17, 15) is 17.6 Å². The number of rotatable bonds is 5. The smallest absolute Gasteiger partial charge is 0.262 e. The Morgan fingerprint density at radius 3 is 2.50 bits per heavy atom. The number of piperidine rings is 1. The van der Waals surface area contributed by atoms with Crippen molar-refractivity contribution in [2.75, 3.05) is 17.8 Å². The molecule has 4 aromatic rings. The molecule has 174 valence electrons. The molecular formula is C26H24FN3O3S. The van der Waals surface area contributed by atoms with Crippen molar-refractivity contribution in [2.45, 2.75) is 23.7 Å². The second kappa shape index (κ2) is 8.95. The van der Waals surface area contributed by atoms with Gasteiger partial charge in [0.05, 0.1) is 10.6 Å². The molecule has 1 aliphatic heterocycles. The lowest BCUT2D eigenvalue weighted by molar-refractivity contribution is 0.0713. The zero-order chi connectivity index (χ0) is 23.7. The van der Waals surface area contributed by atoms with Crippen molar-refractivity contribution < 1.29 is 17.6 Å². The molecule has 0 bridgehead atoms. The van der Waals surface area contributed by atoms with Crippen molar-refractivity contribution in [3.63, 3.8) is 0 Å². The van der Waals surface area contributed by atoms with Crippen LogP contribution in [0.4, 0.5) is 10.1 Å². The highest BCUT2D eigenvalue weighted by Crippen LogP contribution is 2.33. The molecule has 1 aliphatic rings. The van der Waals surface area contributed by atoms with Crippen LogP contribution in [0.25, 0.3) is 10.9 Å². The van der Waals surface area contributed by atoms with Crippen LogP contribution in [0.1, 0.15) is 34.7 Å². The summed E-state index contributed by atoms with van der Waals surface area (Å²) in [7, 11) is -4.05. The van der Waals surface area contributed by atoms with E-state index in [1.165, 1.54) is 47.3 Å². The standard InChI is InChI=1S/C26H24FN3O3S/c27-23-9-2-4-11-25(23)29-34(32,33)20-7-5-6-19(16-20)26(31)30-14-12-18(13-15-30)22-17-28-24-10-3-1-8-21(22)24/h1-11,16-18,28-29H,12-15H2. The van der Waals surface area contributed by atoms with E-state index in [-0.39, 0.29) is 16.5 Å². The van der Waals surface area contributed by atoms with Gasteiger partial charge in [0.15, 0.2) is 0 Å². The Labute approximate surface area is 197 Å². The molecule has 0 atom stereocenters. The van der Waals surface area contributed by atoms with Gasteiger partial charge in [-0.25, -0.2) is 12.8 Å². The Kier molecular flexibility index (Phi) is 5.83. The number of H-pyrrole nitrogens is 1. The maximum absolute atomic E-state index is 13.9. The molecule has 0 spiro atoms. The highest BCUT2D eigenvalue weighted by Gasteiger charge is 2.27. The third kappa shape index (κ3) is 4.28. The number of nitrogens with one attached hydrogen (secondary N) is 2. The van der Waals surface area contributed by atoms with E-state index in [2.05, 4.69) is 28.0 Å². The number of likely N-dealkylation sites (tertiary alicyclic amines) is 1. The molecule has 2 heterocycles. The summed E-state index contributed by atoms with van der Waals surface area (Å²) in [5.41, 5.74) is 2.54. The van der Waals surface area contributed by atoms with Gasteiger partial charge in [0.2, 0.25) is 0 Å². The maximum Gasteiger partial charge on any atom is 0.262 e. The summed E-state index contributed by atoms with van der Waals surface area (Å²) in [5, 5.41) is 1.22. The molecule has 1 fully saturated rings. The van der Waals surface area contributed by atoms with E-state index in [1.807, 2.05) is 12.1 Å². The van der Waals surface area contributed by atoms with Gasteiger partial charge in [0.25, 0.3) is 15.9 Å². The fourth-order valence-corrected chi connectivity index (χ4v) is 5.66. The molecular weight excluding hydrogens is 453 g/mol. The van der Waals surface area contributed by atoms with Crippen LogP contribution in [-0.4, -0.2) is 37.3 Å². The van der Waals surface area contributed by atoms with Crippen LogP contribution in [0, 0.1) is 5.82 Å². The molecule has 8 heteroatoms. The predicted molar refractivity (Wildman–Crippen MR) is 130 cm³/mol. The Bertz CT molecular complexity index is 1460. The topological polar surface area (TPSA) is 82.3 Å². The van der Waals surface area contributed by atoms with Gasteiger partial charge in [-0.2, -0.15) is 0 Å². The number of sulfonamides is 1. The first-order valence-electron chi connectivity index (χ1n) is 11.1. The molecule has 1 aromatic heterocycles. The van der Waals surface area contributed by atoms with Crippen molar-refractivity contribution in [1.82, 2.24) is 9.88 Å².